The number of alkyl halides is 3. The molecule has 0 saturated heterocycles. The van der Waals surface area contributed by atoms with Gasteiger partial charge in [-0.3, -0.25) is 0 Å². The molecule has 1 N–H and O–H groups in total. The van der Waals surface area contributed by atoms with E-state index in [-0.39, 0.29) is 10.6 Å². The molecule has 0 spiro atoms. The molecule has 1 rings (SSSR count). The Morgan fingerprint density at radius 2 is 1.86 bits per heavy atom. The number of hydrogen-bond acceptors (Lipinski definition) is 1. The van der Waals surface area contributed by atoms with Crippen molar-refractivity contribution in [2.75, 3.05) is 0 Å². The lowest BCUT2D eigenvalue weighted by molar-refractivity contribution is -0.0425. The normalized spacial score (nSPS) is 14.1. The van der Waals surface area contributed by atoms with E-state index in [0.29, 0.717) is 0 Å². The van der Waals surface area contributed by atoms with Crippen LogP contribution in [0.3, 0.4) is 0 Å². The zero-order chi connectivity index (χ0) is 10.9. The predicted octanol–water partition coefficient (Wildman–Crippen LogP) is 3.34. The van der Waals surface area contributed by atoms with Gasteiger partial charge in [-0.1, -0.05) is 11.6 Å². The zero-order valence-corrected chi connectivity index (χ0v) is 8.16. The second-order valence-corrected chi connectivity index (χ2v) is 3.59. The highest BCUT2D eigenvalue weighted by Gasteiger charge is 2.37. The largest absolute Gasteiger partial charge is 0.381 e. The molecule has 0 bridgehead atoms. The van der Waals surface area contributed by atoms with Crippen LogP contribution in [-0.2, 0) is 0 Å². The molecule has 0 amide bonds. The summed E-state index contributed by atoms with van der Waals surface area (Å²) in [7, 11) is 0. The molecule has 1 aromatic rings. The first-order valence-electron chi connectivity index (χ1n) is 3.51. The molecule has 6 heteroatoms. The van der Waals surface area contributed by atoms with E-state index in [2.05, 4.69) is 11.6 Å². The van der Waals surface area contributed by atoms with Gasteiger partial charge in [0.05, 0.1) is 0 Å². The number of aliphatic hydroxyl groups excluding tert-OH is 1. The Balaban J connectivity index is 3.07. The van der Waals surface area contributed by atoms with Crippen LogP contribution in [0.5, 0.6) is 0 Å². The molecule has 0 aliphatic heterocycles. The van der Waals surface area contributed by atoms with Crippen LogP contribution in [0.25, 0.3) is 0 Å². The smallest absolute Gasteiger partial charge is 0.351 e. The van der Waals surface area contributed by atoms with Gasteiger partial charge in [-0.05, 0) is 35.4 Å². The summed E-state index contributed by atoms with van der Waals surface area (Å²) in [6, 6.07) is 2.70. The summed E-state index contributed by atoms with van der Waals surface area (Å²) < 4.78 is 37.5. The molecule has 14 heavy (non-hydrogen) atoms. The minimum absolute atomic E-state index is 0.0834. The van der Waals surface area contributed by atoms with E-state index in [0.717, 1.165) is 18.2 Å². The third-order valence-electron chi connectivity index (χ3n) is 1.51. The summed E-state index contributed by atoms with van der Waals surface area (Å²) in [5.41, 5.74) is -0.366. The summed E-state index contributed by atoms with van der Waals surface area (Å²) >= 11 is 9.98. The molecular weight excluding hydrogens is 240 g/mol. The maximum atomic E-state index is 12.7. The summed E-state index contributed by atoms with van der Waals surface area (Å²) in [6.07, 6.45) is -2.28. The van der Waals surface area contributed by atoms with Gasteiger partial charge < -0.3 is 5.11 Å². The van der Waals surface area contributed by atoms with Crippen molar-refractivity contribution in [3.8, 4) is 0 Å². The van der Waals surface area contributed by atoms with Crippen molar-refractivity contribution in [2.45, 2.75) is 11.5 Å². The van der Waals surface area contributed by atoms with Crippen LogP contribution >= 0.6 is 23.2 Å². The molecule has 1 aromatic carbocycles. The van der Waals surface area contributed by atoms with E-state index >= 15 is 0 Å². The van der Waals surface area contributed by atoms with E-state index in [1.165, 1.54) is 0 Å². The van der Waals surface area contributed by atoms with Crippen LogP contribution in [-0.4, -0.2) is 10.5 Å². The van der Waals surface area contributed by atoms with Crippen LogP contribution in [0.4, 0.5) is 13.2 Å². The Labute approximate surface area is 88.1 Å². The van der Waals surface area contributed by atoms with E-state index < -0.39 is 17.3 Å². The number of benzene rings is 1. The Kier molecular flexibility index (Phi) is 3.29. The molecule has 1 atom stereocenters. The Hall–Kier alpha value is -0.450. The number of halogens is 5. The fourth-order valence-electron chi connectivity index (χ4n) is 0.922. The van der Waals surface area contributed by atoms with Gasteiger partial charge in [-0.15, -0.1) is 0 Å². The third-order valence-corrected chi connectivity index (χ3v) is 1.94. The molecule has 0 fully saturated rings. The monoisotopic (exact) mass is 244 g/mol. The molecule has 0 aliphatic rings. The second-order valence-electron chi connectivity index (χ2n) is 2.65. The minimum Gasteiger partial charge on any atom is -0.381 e. The molecular formula is C8H5Cl2F3O. The minimum atomic E-state index is -3.85. The van der Waals surface area contributed by atoms with Gasteiger partial charge in [0, 0.05) is 5.02 Å². The first kappa shape index (κ1) is 11.6. The molecule has 1 nitrogen and oxygen atoms in total. The Morgan fingerprint density at radius 1 is 1.29 bits per heavy atom. The molecule has 0 heterocycles. The summed E-state index contributed by atoms with van der Waals surface area (Å²) in [5, 5.41) is 5.07. The van der Waals surface area contributed by atoms with Gasteiger partial charge in [0.15, 0.2) is 6.10 Å². The van der Waals surface area contributed by atoms with Crippen molar-refractivity contribution in [1.29, 1.82) is 0 Å². The number of aliphatic hydroxyl groups is 1. The Morgan fingerprint density at radius 3 is 2.29 bits per heavy atom. The van der Waals surface area contributed by atoms with E-state index in [9.17, 15) is 13.2 Å². The highest BCUT2D eigenvalue weighted by atomic mass is 35.5. The SMILES string of the molecule is OC(c1cc(F)cc(Cl)c1)C(F)(F)Cl. The number of hydrogen-bond donors (Lipinski definition) is 1. The van der Waals surface area contributed by atoms with Crippen molar-refractivity contribution >= 4 is 23.2 Å². The van der Waals surface area contributed by atoms with Crippen molar-refractivity contribution in [1.82, 2.24) is 0 Å². The lowest BCUT2D eigenvalue weighted by Gasteiger charge is -2.16. The van der Waals surface area contributed by atoms with Crippen molar-refractivity contribution in [3.05, 3.63) is 34.6 Å². The van der Waals surface area contributed by atoms with Gasteiger partial charge in [0.1, 0.15) is 5.82 Å². The van der Waals surface area contributed by atoms with Crippen LogP contribution in [0.15, 0.2) is 18.2 Å². The average molecular weight is 245 g/mol. The molecule has 1 unspecified atom stereocenters. The first-order valence-corrected chi connectivity index (χ1v) is 4.27. The zero-order valence-electron chi connectivity index (χ0n) is 6.65. The maximum absolute atomic E-state index is 12.7. The van der Waals surface area contributed by atoms with Crippen molar-refractivity contribution in [2.24, 2.45) is 0 Å². The molecule has 0 aromatic heterocycles. The van der Waals surface area contributed by atoms with Crippen molar-refractivity contribution < 1.29 is 18.3 Å². The predicted molar refractivity (Wildman–Crippen MR) is 47.2 cm³/mol. The average Bonchev–Trinajstić information content (AvgIpc) is 1.99. The van der Waals surface area contributed by atoms with E-state index in [4.69, 9.17) is 16.7 Å². The number of rotatable bonds is 2. The van der Waals surface area contributed by atoms with Crippen molar-refractivity contribution in [3.63, 3.8) is 0 Å². The highest BCUT2D eigenvalue weighted by Crippen LogP contribution is 2.35. The summed E-state index contributed by atoms with van der Waals surface area (Å²) in [5.74, 6) is -0.813. The topological polar surface area (TPSA) is 20.2 Å². The van der Waals surface area contributed by atoms with Gasteiger partial charge >= 0.3 is 5.38 Å². The van der Waals surface area contributed by atoms with Crippen LogP contribution < -0.4 is 0 Å². The highest BCUT2D eigenvalue weighted by molar-refractivity contribution is 6.30. The summed E-state index contributed by atoms with van der Waals surface area (Å²) in [4.78, 5) is 0. The first-order chi connectivity index (χ1) is 6.30. The van der Waals surface area contributed by atoms with Crippen LogP contribution in [0.2, 0.25) is 5.02 Å². The standard InChI is InChI=1S/C8H5Cl2F3O/c9-5-1-4(2-6(11)3-5)7(14)8(10,12)13/h1-3,7,14H. The van der Waals surface area contributed by atoms with Gasteiger partial charge in [0.25, 0.3) is 0 Å². The van der Waals surface area contributed by atoms with Gasteiger partial charge in [0.2, 0.25) is 0 Å². The van der Waals surface area contributed by atoms with Gasteiger partial charge in [-0.25, -0.2) is 4.39 Å². The van der Waals surface area contributed by atoms with E-state index in [1.807, 2.05) is 0 Å². The molecule has 0 radical (unpaired) electrons. The quantitative estimate of drug-likeness (QED) is 0.792. The Bertz CT molecular complexity index is 318. The molecule has 0 aliphatic carbocycles. The fraction of sp³-hybridized carbons (Fsp3) is 0.250. The fourth-order valence-corrected chi connectivity index (χ4v) is 1.28. The lowest BCUT2D eigenvalue weighted by atomic mass is 10.1. The molecule has 78 valence electrons. The summed E-state index contributed by atoms with van der Waals surface area (Å²) in [6.45, 7) is 0. The van der Waals surface area contributed by atoms with Crippen LogP contribution in [0.1, 0.15) is 11.7 Å². The lowest BCUT2D eigenvalue weighted by Crippen LogP contribution is -2.18. The third kappa shape index (κ3) is 2.77. The van der Waals surface area contributed by atoms with Crippen LogP contribution in [0, 0.1) is 5.82 Å². The van der Waals surface area contributed by atoms with Gasteiger partial charge in [-0.2, -0.15) is 8.78 Å². The van der Waals surface area contributed by atoms with E-state index in [1.54, 1.807) is 0 Å². The second kappa shape index (κ2) is 3.96. The maximum Gasteiger partial charge on any atom is 0.351 e. The molecule has 0 saturated carbocycles.